The molecule has 3 N–H and O–H groups in total. The summed E-state index contributed by atoms with van der Waals surface area (Å²) in [6.45, 7) is 6.79. The minimum absolute atomic E-state index is 0.0118. The normalized spacial score (nSPS) is 18.0. The first-order valence-corrected chi connectivity index (χ1v) is 8.58. The highest BCUT2D eigenvalue weighted by molar-refractivity contribution is 5.92. The molecule has 1 atom stereocenters. The number of hydrogen-bond acceptors (Lipinski definition) is 4. The molecule has 0 bridgehead atoms. The summed E-state index contributed by atoms with van der Waals surface area (Å²) in [7, 11) is 0. The zero-order valence-corrected chi connectivity index (χ0v) is 14.6. The van der Waals surface area contributed by atoms with Gasteiger partial charge in [-0.1, -0.05) is 31.5 Å². The average molecular weight is 332 g/mol. The van der Waals surface area contributed by atoms with E-state index in [0.717, 1.165) is 12.1 Å². The van der Waals surface area contributed by atoms with Gasteiger partial charge in [0.2, 0.25) is 11.8 Å². The van der Waals surface area contributed by atoms with Crippen LogP contribution in [0.25, 0.3) is 0 Å². The van der Waals surface area contributed by atoms with Gasteiger partial charge in [0.15, 0.2) is 0 Å². The van der Waals surface area contributed by atoms with Gasteiger partial charge in [0, 0.05) is 31.9 Å². The quantitative estimate of drug-likeness (QED) is 0.823. The Morgan fingerprint density at radius 2 is 1.79 bits per heavy atom. The van der Waals surface area contributed by atoms with E-state index in [2.05, 4.69) is 10.2 Å². The molecule has 0 spiro atoms. The molecule has 1 heterocycles. The van der Waals surface area contributed by atoms with Crippen molar-refractivity contribution in [1.82, 2.24) is 9.80 Å². The van der Waals surface area contributed by atoms with Crippen LogP contribution in [0.1, 0.15) is 26.7 Å². The zero-order chi connectivity index (χ0) is 17.6. The number of benzene rings is 1. The molecule has 1 aliphatic heterocycles. The number of anilines is 1. The Labute approximate surface area is 144 Å². The molecule has 1 aliphatic rings. The Bertz CT molecular complexity index is 551. The molecule has 6 nitrogen and oxygen atoms in total. The fourth-order valence-electron chi connectivity index (χ4n) is 3.02. The van der Waals surface area contributed by atoms with Gasteiger partial charge in [0.25, 0.3) is 0 Å². The molecule has 0 aliphatic carbocycles. The molecule has 0 saturated carbocycles. The number of nitrogens with zero attached hydrogens (tertiary/aromatic N) is 2. The standard InChI is InChI=1S/C18H28N4O2/c1-3-9-18(2,19)17(24)22-12-10-21(11-13-22)14-16(23)20-15-7-5-4-6-8-15/h4-8H,3,9-14,19H2,1-2H3,(H,20,23). The maximum Gasteiger partial charge on any atom is 0.242 e. The lowest BCUT2D eigenvalue weighted by molar-refractivity contribution is -0.138. The van der Waals surface area contributed by atoms with Gasteiger partial charge in [-0.25, -0.2) is 0 Å². The monoisotopic (exact) mass is 332 g/mol. The number of nitrogens with one attached hydrogen (secondary N) is 1. The Balaban J connectivity index is 1.78. The molecule has 0 aromatic heterocycles. The van der Waals surface area contributed by atoms with Gasteiger partial charge in [-0.15, -0.1) is 0 Å². The SMILES string of the molecule is CCCC(C)(N)C(=O)N1CCN(CC(=O)Nc2ccccc2)CC1. The third-order valence-electron chi connectivity index (χ3n) is 4.34. The van der Waals surface area contributed by atoms with Crippen LogP contribution in [-0.2, 0) is 9.59 Å². The molecule has 2 rings (SSSR count). The summed E-state index contributed by atoms with van der Waals surface area (Å²) in [5, 5.41) is 2.88. The molecule has 1 saturated heterocycles. The Morgan fingerprint density at radius 1 is 1.17 bits per heavy atom. The highest BCUT2D eigenvalue weighted by atomic mass is 16.2. The van der Waals surface area contributed by atoms with Crippen LogP contribution in [0.4, 0.5) is 5.69 Å². The summed E-state index contributed by atoms with van der Waals surface area (Å²) < 4.78 is 0. The van der Waals surface area contributed by atoms with Crippen LogP contribution in [0.2, 0.25) is 0 Å². The van der Waals surface area contributed by atoms with Crippen LogP contribution in [0, 0.1) is 0 Å². The highest BCUT2D eigenvalue weighted by Crippen LogP contribution is 2.14. The summed E-state index contributed by atoms with van der Waals surface area (Å²) in [6, 6.07) is 9.42. The van der Waals surface area contributed by atoms with Crippen molar-refractivity contribution in [2.75, 3.05) is 38.0 Å². The third kappa shape index (κ3) is 5.04. The van der Waals surface area contributed by atoms with Gasteiger partial charge >= 0.3 is 0 Å². The van der Waals surface area contributed by atoms with Crippen LogP contribution >= 0.6 is 0 Å². The molecular weight excluding hydrogens is 304 g/mol. The minimum atomic E-state index is -0.790. The molecule has 1 unspecified atom stereocenters. The second-order valence-electron chi connectivity index (χ2n) is 6.65. The predicted octanol–water partition coefficient (Wildman–Crippen LogP) is 1.29. The number of amides is 2. The molecule has 1 fully saturated rings. The summed E-state index contributed by atoms with van der Waals surface area (Å²) in [4.78, 5) is 28.5. The van der Waals surface area contributed by atoms with Gasteiger partial charge < -0.3 is 16.0 Å². The number of para-hydroxylation sites is 1. The van der Waals surface area contributed by atoms with Crippen molar-refractivity contribution in [2.24, 2.45) is 5.73 Å². The van der Waals surface area contributed by atoms with Crippen molar-refractivity contribution < 1.29 is 9.59 Å². The number of rotatable bonds is 6. The van der Waals surface area contributed by atoms with Crippen molar-refractivity contribution in [3.63, 3.8) is 0 Å². The Hall–Kier alpha value is -1.92. The topological polar surface area (TPSA) is 78.7 Å². The molecule has 1 aromatic carbocycles. The first-order valence-electron chi connectivity index (χ1n) is 8.58. The second kappa shape index (κ2) is 8.26. The summed E-state index contributed by atoms with van der Waals surface area (Å²) in [5.41, 5.74) is 6.14. The number of hydrogen-bond donors (Lipinski definition) is 2. The van der Waals surface area contributed by atoms with E-state index in [4.69, 9.17) is 5.73 Å². The maximum absolute atomic E-state index is 12.5. The summed E-state index contributed by atoms with van der Waals surface area (Å²) in [5.74, 6) is -0.0200. The predicted molar refractivity (Wildman–Crippen MR) is 95.6 cm³/mol. The molecule has 0 radical (unpaired) electrons. The van der Waals surface area contributed by atoms with Gasteiger partial charge in [0.1, 0.15) is 0 Å². The number of piperazine rings is 1. The maximum atomic E-state index is 12.5. The van der Waals surface area contributed by atoms with E-state index in [-0.39, 0.29) is 11.8 Å². The van der Waals surface area contributed by atoms with E-state index in [9.17, 15) is 9.59 Å². The van der Waals surface area contributed by atoms with Crippen LogP contribution in [0.3, 0.4) is 0 Å². The van der Waals surface area contributed by atoms with Crippen molar-refractivity contribution in [3.05, 3.63) is 30.3 Å². The van der Waals surface area contributed by atoms with E-state index in [0.29, 0.717) is 39.1 Å². The molecule has 1 aromatic rings. The van der Waals surface area contributed by atoms with Crippen LogP contribution in [-0.4, -0.2) is 59.9 Å². The lowest BCUT2D eigenvalue weighted by Crippen LogP contribution is -2.58. The molecule has 6 heteroatoms. The fraction of sp³-hybridized carbons (Fsp3) is 0.556. The number of nitrogens with two attached hydrogens (primary N) is 1. The zero-order valence-electron chi connectivity index (χ0n) is 14.6. The molecular formula is C18H28N4O2. The molecule has 2 amide bonds. The van der Waals surface area contributed by atoms with Crippen LogP contribution in [0.15, 0.2) is 30.3 Å². The minimum Gasteiger partial charge on any atom is -0.339 e. The Morgan fingerprint density at radius 3 is 2.38 bits per heavy atom. The number of carbonyl (C=O) groups is 2. The van der Waals surface area contributed by atoms with E-state index < -0.39 is 5.54 Å². The van der Waals surface area contributed by atoms with Crippen molar-refractivity contribution in [1.29, 1.82) is 0 Å². The van der Waals surface area contributed by atoms with Crippen LogP contribution < -0.4 is 11.1 Å². The van der Waals surface area contributed by atoms with Crippen molar-refractivity contribution >= 4 is 17.5 Å². The van der Waals surface area contributed by atoms with Gasteiger partial charge in [-0.3, -0.25) is 14.5 Å². The average Bonchev–Trinajstić information content (AvgIpc) is 2.55. The van der Waals surface area contributed by atoms with E-state index in [1.807, 2.05) is 42.2 Å². The summed E-state index contributed by atoms with van der Waals surface area (Å²) in [6.07, 6.45) is 1.57. The second-order valence-corrected chi connectivity index (χ2v) is 6.65. The van der Waals surface area contributed by atoms with E-state index in [1.165, 1.54) is 0 Å². The lowest BCUT2D eigenvalue weighted by atomic mass is 9.95. The van der Waals surface area contributed by atoms with Gasteiger partial charge in [-0.05, 0) is 25.5 Å². The lowest BCUT2D eigenvalue weighted by Gasteiger charge is -2.38. The number of carbonyl (C=O) groups excluding carboxylic acids is 2. The fourth-order valence-corrected chi connectivity index (χ4v) is 3.02. The van der Waals surface area contributed by atoms with Crippen LogP contribution in [0.5, 0.6) is 0 Å². The van der Waals surface area contributed by atoms with E-state index in [1.54, 1.807) is 6.92 Å². The first-order chi connectivity index (χ1) is 11.4. The van der Waals surface area contributed by atoms with E-state index >= 15 is 0 Å². The molecule has 24 heavy (non-hydrogen) atoms. The molecule has 132 valence electrons. The van der Waals surface area contributed by atoms with Gasteiger partial charge in [-0.2, -0.15) is 0 Å². The largest absolute Gasteiger partial charge is 0.339 e. The van der Waals surface area contributed by atoms with Gasteiger partial charge in [0.05, 0.1) is 12.1 Å². The third-order valence-corrected chi connectivity index (χ3v) is 4.34. The van der Waals surface area contributed by atoms with Crippen molar-refractivity contribution in [2.45, 2.75) is 32.2 Å². The smallest absolute Gasteiger partial charge is 0.242 e. The Kier molecular flexibility index (Phi) is 6.34. The summed E-state index contributed by atoms with van der Waals surface area (Å²) >= 11 is 0. The highest BCUT2D eigenvalue weighted by Gasteiger charge is 2.33. The van der Waals surface area contributed by atoms with Crippen molar-refractivity contribution in [3.8, 4) is 0 Å². The first kappa shape index (κ1) is 18.4.